The van der Waals surface area contributed by atoms with Crippen molar-refractivity contribution >= 4 is 17.3 Å². The summed E-state index contributed by atoms with van der Waals surface area (Å²) in [7, 11) is 4.05. The molecule has 4 heteroatoms. The second-order valence-electron chi connectivity index (χ2n) is 5.78. The van der Waals surface area contributed by atoms with Crippen LogP contribution in [0.2, 0.25) is 0 Å². The highest BCUT2D eigenvalue weighted by atomic mass is 16.2. The fourth-order valence-electron chi connectivity index (χ4n) is 2.32. The third kappa shape index (κ3) is 4.96. The maximum absolute atomic E-state index is 12.2. The van der Waals surface area contributed by atoms with Crippen LogP contribution in [-0.4, -0.2) is 32.1 Å². The van der Waals surface area contributed by atoms with Gasteiger partial charge in [0.05, 0.1) is 0 Å². The van der Waals surface area contributed by atoms with E-state index in [-0.39, 0.29) is 18.0 Å². The zero-order valence-corrected chi connectivity index (χ0v) is 14.2. The van der Waals surface area contributed by atoms with Crippen LogP contribution in [0.4, 0.5) is 11.4 Å². The minimum Gasteiger partial charge on any atom is -0.377 e. The molecule has 1 aromatic carbocycles. The lowest BCUT2D eigenvalue weighted by molar-refractivity contribution is -0.122. The fourth-order valence-corrected chi connectivity index (χ4v) is 2.32. The van der Waals surface area contributed by atoms with Crippen LogP contribution < -0.4 is 15.5 Å². The van der Waals surface area contributed by atoms with Crippen molar-refractivity contribution in [2.24, 2.45) is 0 Å². The van der Waals surface area contributed by atoms with Gasteiger partial charge >= 0.3 is 0 Å². The third-order valence-corrected chi connectivity index (χ3v) is 3.80. The van der Waals surface area contributed by atoms with Gasteiger partial charge in [-0.2, -0.15) is 0 Å². The molecule has 0 aliphatic rings. The van der Waals surface area contributed by atoms with E-state index in [1.807, 2.05) is 27.1 Å². The maximum atomic E-state index is 12.2. The summed E-state index contributed by atoms with van der Waals surface area (Å²) >= 11 is 0. The number of benzene rings is 1. The third-order valence-electron chi connectivity index (χ3n) is 3.80. The first-order valence-corrected chi connectivity index (χ1v) is 7.73. The van der Waals surface area contributed by atoms with Gasteiger partial charge in [0.25, 0.3) is 0 Å². The van der Waals surface area contributed by atoms with Crippen molar-refractivity contribution < 1.29 is 4.79 Å². The molecule has 1 rings (SSSR count). The van der Waals surface area contributed by atoms with E-state index in [2.05, 4.69) is 48.4 Å². The lowest BCUT2D eigenvalue weighted by Crippen LogP contribution is -2.42. The Morgan fingerprint density at radius 3 is 2.38 bits per heavy atom. The normalized spacial score (nSPS) is 12.1. The highest BCUT2D eigenvalue weighted by Crippen LogP contribution is 2.22. The summed E-state index contributed by atoms with van der Waals surface area (Å²) in [4.78, 5) is 14.3. The first kappa shape index (κ1) is 17.3. The van der Waals surface area contributed by atoms with Crippen molar-refractivity contribution in [3.8, 4) is 0 Å². The second-order valence-corrected chi connectivity index (χ2v) is 5.78. The molecule has 0 saturated heterocycles. The summed E-state index contributed by atoms with van der Waals surface area (Å²) in [6.45, 7) is 8.17. The molecule has 1 aromatic rings. The number of anilines is 2. The maximum Gasteiger partial charge on any atom is 0.242 e. The van der Waals surface area contributed by atoms with Gasteiger partial charge in [-0.25, -0.2) is 0 Å². The van der Waals surface area contributed by atoms with Gasteiger partial charge in [-0.05, 0) is 44.4 Å². The average Bonchev–Trinajstić information content (AvgIpc) is 2.46. The number of carbonyl (C=O) groups excluding carboxylic acids is 1. The van der Waals surface area contributed by atoms with Crippen molar-refractivity contribution in [3.05, 3.63) is 23.8 Å². The molecule has 0 fully saturated rings. The molecule has 21 heavy (non-hydrogen) atoms. The topological polar surface area (TPSA) is 44.4 Å². The monoisotopic (exact) mass is 291 g/mol. The van der Waals surface area contributed by atoms with E-state index in [1.54, 1.807) is 0 Å². The summed E-state index contributed by atoms with van der Waals surface area (Å²) in [5.41, 5.74) is 3.35. The number of nitrogens with one attached hydrogen (secondary N) is 2. The van der Waals surface area contributed by atoms with Crippen LogP contribution in [0.15, 0.2) is 18.2 Å². The molecule has 0 spiro atoms. The molecule has 2 N–H and O–H groups in total. The molecule has 118 valence electrons. The number of amides is 1. The van der Waals surface area contributed by atoms with Crippen LogP contribution in [0, 0.1) is 6.92 Å². The van der Waals surface area contributed by atoms with Gasteiger partial charge in [0.2, 0.25) is 5.91 Å². The molecule has 1 amide bonds. The van der Waals surface area contributed by atoms with Crippen LogP contribution in [0.1, 0.15) is 39.2 Å². The smallest absolute Gasteiger partial charge is 0.242 e. The number of carbonyl (C=O) groups is 1. The Morgan fingerprint density at radius 2 is 1.86 bits per heavy atom. The molecule has 0 aliphatic heterocycles. The predicted octanol–water partition coefficient (Wildman–Crippen LogP) is 3.17. The highest BCUT2D eigenvalue weighted by Gasteiger charge is 2.16. The largest absolute Gasteiger partial charge is 0.377 e. The van der Waals surface area contributed by atoms with Crippen molar-refractivity contribution in [2.45, 2.75) is 52.6 Å². The van der Waals surface area contributed by atoms with Gasteiger partial charge in [0, 0.05) is 31.5 Å². The van der Waals surface area contributed by atoms with E-state index in [9.17, 15) is 4.79 Å². The van der Waals surface area contributed by atoms with Crippen LogP contribution in [-0.2, 0) is 4.79 Å². The molecule has 1 unspecified atom stereocenters. The van der Waals surface area contributed by atoms with Crippen molar-refractivity contribution in [3.63, 3.8) is 0 Å². The molecule has 0 radical (unpaired) electrons. The summed E-state index contributed by atoms with van der Waals surface area (Å²) in [5.74, 6) is 0.0516. The fraction of sp³-hybridized carbons (Fsp3) is 0.588. The Labute approximate surface area is 128 Å². The van der Waals surface area contributed by atoms with Gasteiger partial charge < -0.3 is 15.5 Å². The van der Waals surface area contributed by atoms with E-state index in [1.165, 1.54) is 5.56 Å². The SMILES string of the molecule is CCC(CC)NC(=O)C(C)Nc1ccc(C)c(N(C)C)c1. The van der Waals surface area contributed by atoms with Gasteiger partial charge in [-0.3, -0.25) is 4.79 Å². The highest BCUT2D eigenvalue weighted by molar-refractivity contribution is 5.84. The summed E-state index contributed by atoms with van der Waals surface area (Å²) < 4.78 is 0. The summed E-state index contributed by atoms with van der Waals surface area (Å²) in [6.07, 6.45) is 1.93. The van der Waals surface area contributed by atoms with Crippen LogP contribution in [0.5, 0.6) is 0 Å². The first-order valence-electron chi connectivity index (χ1n) is 7.73. The van der Waals surface area contributed by atoms with E-state index < -0.39 is 0 Å². The van der Waals surface area contributed by atoms with Crippen LogP contribution >= 0.6 is 0 Å². The Kier molecular flexibility index (Phi) is 6.53. The average molecular weight is 291 g/mol. The predicted molar refractivity (Wildman–Crippen MR) is 91.1 cm³/mol. The molecule has 4 nitrogen and oxygen atoms in total. The Bertz CT molecular complexity index is 467. The number of hydrogen-bond donors (Lipinski definition) is 2. The number of nitrogens with zero attached hydrogens (tertiary/aromatic N) is 1. The zero-order chi connectivity index (χ0) is 16.0. The number of rotatable bonds is 7. The summed E-state index contributed by atoms with van der Waals surface area (Å²) in [6, 6.07) is 6.18. The van der Waals surface area contributed by atoms with Crippen molar-refractivity contribution in [1.82, 2.24) is 5.32 Å². The molecule has 0 heterocycles. The standard InChI is InChI=1S/C17H29N3O/c1-7-14(8-2)19-17(21)13(4)18-15-10-9-12(3)16(11-15)20(5)6/h9-11,13-14,18H,7-8H2,1-6H3,(H,19,21). The lowest BCUT2D eigenvalue weighted by atomic mass is 10.1. The van der Waals surface area contributed by atoms with Gasteiger partial charge in [0.1, 0.15) is 6.04 Å². The minimum atomic E-state index is -0.247. The Hall–Kier alpha value is -1.71. The molecular formula is C17H29N3O. The van der Waals surface area contributed by atoms with Crippen molar-refractivity contribution in [1.29, 1.82) is 0 Å². The molecule has 0 saturated carbocycles. The zero-order valence-electron chi connectivity index (χ0n) is 14.2. The quantitative estimate of drug-likeness (QED) is 0.811. The van der Waals surface area contributed by atoms with E-state index >= 15 is 0 Å². The van der Waals surface area contributed by atoms with E-state index in [0.29, 0.717) is 0 Å². The Balaban J connectivity index is 2.72. The Morgan fingerprint density at radius 1 is 1.24 bits per heavy atom. The minimum absolute atomic E-state index is 0.0516. The first-order chi connectivity index (χ1) is 9.88. The molecule has 0 bridgehead atoms. The molecule has 0 aliphatic carbocycles. The molecule has 0 aromatic heterocycles. The van der Waals surface area contributed by atoms with Gasteiger partial charge in [0.15, 0.2) is 0 Å². The molecular weight excluding hydrogens is 262 g/mol. The van der Waals surface area contributed by atoms with Gasteiger partial charge in [-0.15, -0.1) is 0 Å². The second kappa shape index (κ2) is 7.91. The molecule has 1 atom stereocenters. The summed E-state index contributed by atoms with van der Waals surface area (Å²) in [5, 5.41) is 6.35. The van der Waals surface area contributed by atoms with Crippen LogP contribution in [0.25, 0.3) is 0 Å². The van der Waals surface area contributed by atoms with E-state index in [4.69, 9.17) is 0 Å². The number of hydrogen-bond acceptors (Lipinski definition) is 3. The van der Waals surface area contributed by atoms with E-state index in [0.717, 1.165) is 24.2 Å². The van der Waals surface area contributed by atoms with Crippen molar-refractivity contribution in [2.75, 3.05) is 24.3 Å². The number of aryl methyl sites for hydroxylation is 1. The van der Waals surface area contributed by atoms with Crippen LogP contribution in [0.3, 0.4) is 0 Å². The lowest BCUT2D eigenvalue weighted by Gasteiger charge is -2.22. The van der Waals surface area contributed by atoms with Gasteiger partial charge in [-0.1, -0.05) is 19.9 Å².